The van der Waals surface area contributed by atoms with Crippen LogP contribution in [-0.4, -0.2) is 89.6 Å². The van der Waals surface area contributed by atoms with Gasteiger partial charge in [0.15, 0.2) is 29.8 Å². The first-order chi connectivity index (χ1) is 23.3. The van der Waals surface area contributed by atoms with E-state index in [2.05, 4.69) is 26.0 Å². The molecule has 1 fully saturated rings. The van der Waals surface area contributed by atoms with Crippen molar-refractivity contribution in [2.75, 3.05) is 11.5 Å². The second-order valence-electron chi connectivity index (χ2n) is 11.1. The van der Waals surface area contributed by atoms with Crippen molar-refractivity contribution in [3.05, 3.63) is 82.3 Å². The normalized spacial score (nSPS) is 17.7. The SMILES string of the molecule is CC(C)(O/N=C(\C(=O)N[C@@H]1C(=O)N2C(C(=O)O)=C(C[n+]3ccc(C(=O)N/N=C/c4ccccc4O)cc3)CS[C@H]12)c1csc(N)n1)C(=O)O. The molecule has 1 aromatic carbocycles. The number of phenols is 1. The molecule has 3 aromatic rings. The maximum absolute atomic E-state index is 13.3. The van der Waals surface area contributed by atoms with E-state index >= 15 is 0 Å². The Labute approximate surface area is 285 Å². The van der Waals surface area contributed by atoms with Crippen LogP contribution in [-0.2, 0) is 30.6 Å². The summed E-state index contributed by atoms with van der Waals surface area (Å²) in [6, 6.07) is 8.39. The molecular weight excluding hydrogens is 681 g/mol. The molecule has 5 rings (SSSR count). The third-order valence-electron chi connectivity index (χ3n) is 7.23. The number of anilines is 1. The van der Waals surface area contributed by atoms with E-state index in [1.165, 1.54) is 55.4 Å². The average Bonchev–Trinajstić information content (AvgIpc) is 3.49. The first kappa shape index (κ1) is 34.5. The molecule has 3 amide bonds. The topological polar surface area (TPSA) is 250 Å². The lowest BCUT2D eigenvalue weighted by molar-refractivity contribution is -0.689. The number of phenolic OH excluding ortho intramolecular Hbond substituents is 1. The van der Waals surface area contributed by atoms with Gasteiger partial charge in [-0.1, -0.05) is 17.3 Å². The Balaban J connectivity index is 1.26. The first-order valence-electron chi connectivity index (χ1n) is 14.3. The summed E-state index contributed by atoms with van der Waals surface area (Å²) in [5.41, 5.74) is 6.75. The molecule has 4 heterocycles. The summed E-state index contributed by atoms with van der Waals surface area (Å²) < 4.78 is 1.64. The maximum atomic E-state index is 13.3. The molecule has 2 aliphatic heterocycles. The fourth-order valence-electron chi connectivity index (χ4n) is 4.57. The third kappa shape index (κ3) is 7.52. The maximum Gasteiger partial charge on any atom is 0.352 e. The van der Waals surface area contributed by atoms with Crippen molar-refractivity contribution in [2.45, 2.75) is 37.4 Å². The second-order valence-corrected chi connectivity index (χ2v) is 13.0. The number of para-hydroxylation sites is 1. The van der Waals surface area contributed by atoms with Gasteiger partial charge in [0.2, 0.25) is 5.60 Å². The number of thiazole rings is 1. The Morgan fingerprint density at radius 3 is 2.53 bits per heavy atom. The van der Waals surface area contributed by atoms with Crippen LogP contribution in [0.25, 0.3) is 0 Å². The van der Waals surface area contributed by atoms with Gasteiger partial charge in [0, 0.05) is 34.4 Å². The molecule has 7 N–H and O–H groups in total. The van der Waals surface area contributed by atoms with Crippen molar-refractivity contribution in [3.63, 3.8) is 0 Å². The highest BCUT2D eigenvalue weighted by molar-refractivity contribution is 8.00. The van der Waals surface area contributed by atoms with Crippen LogP contribution in [0.4, 0.5) is 5.13 Å². The standard InChI is InChI=1S/C30H28N8O9S2/c1-30(2,28(45)46)47-36-20(18-14-49-29(31)33-18)24(41)34-21-25(42)38-22(27(43)44)17(13-48-26(21)38)12-37-9-7-15(8-10-37)23(40)35-32-11-16-5-3-4-6-19(16)39/h3-11,14,21,26H,12-13H2,1-2H3,(H6,31,33,34,40,41,43,44,45,46)/p+1/b36-20-/t21-,26-/m1/s1. The lowest BCUT2D eigenvalue weighted by Gasteiger charge is -2.49. The first-order valence-corrected chi connectivity index (χ1v) is 16.2. The van der Waals surface area contributed by atoms with Crippen LogP contribution in [0.1, 0.15) is 35.5 Å². The zero-order valence-corrected chi connectivity index (χ0v) is 27.4. The number of aromatic hydroxyl groups is 1. The summed E-state index contributed by atoms with van der Waals surface area (Å²) in [5, 5.41) is 40.1. The molecule has 2 aromatic heterocycles. The smallest absolute Gasteiger partial charge is 0.352 e. The van der Waals surface area contributed by atoms with Gasteiger partial charge in [-0.15, -0.1) is 23.1 Å². The number of nitrogens with two attached hydrogens (primary N) is 1. The summed E-state index contributed by atoms with van der Waals surface area (Å²) in [4.78, 5) is 73.1. The van der Waals surface area contributed by atoms with E-state index in [1.54, 1.807) is 35.2 Å². The van der Waals surface area contributed by atoms with Crippen molar-refractivity contribution in [3.8, 4) is 5.75 Å². The van der Waals surface area contributed by atoms with Crippen LogP contribution in [0.2, 0.25) is 0 Å². The van der Waals surface area contributed by atoms with E-state index in [0.29, 0.717) is 11.1 Å². The Kier molecular flexibility index (Phi) is 9.94. The summed E-state index contributed by atoms with van der Waals surface area (Å²) in [5.74, 6) is -4.55. The zero-order valence-electron chi connectivity index (χ0n) is 25.8. The molecule has 2 atom stereocenters. The van der Waals surface area contributed by atoms with E-state index < -0.39 is 52.4 Å². The number of hydrazone groups is 1. The number of carbonyl (C=O) groups is 5. The van der Waals surface area contributed by atoms with Gasteiger partial charge in [0.25, 0.3) is 17.7 Å². The molecule has 0 unspecified atom stereocenters. The van der Waals surface area contributed by atoms with Gasteiger partial charge in [-0.2, -0.15) is 5.10 Å². The van der Waals surface area contributed by atoms with Crippen LogP contribution < -0.4 is 21.0 Å². The molecular formula is C30H29N8O9S2+. The molecule has 17 nitrogen and oxygen atoms in total. The van der Waals surface area contributed by atoms with Crippen LogP contribution in [0.15, 0.2) is 75.7 Å². The number of oxime groups is 1. The number of aromatic nitrogens is 2. The molecule has 0 saturated carbocycles. The lowest BCUT2D eigenvalue weighted by atomic mass is 10.0. The largest absolute Gasteiger partial charge is 0.507 e. The monoisotopic (exact) mass is 709 g/mol. The Morgan fingerprint density at radius 2 is 1.90 bits per heavy atom. The van der Waals surface area contributed by atoms with E-state index in [4.69, 9.17) is 10.6 Å². The van der Waals surface area contributed by atoms with Gasteiger partial charge >= 0.3 is 11.9 Å². The van der Waals surface area contributed by atoms with Crippen molar-refractivity contribution in [1.29, 1.82) is 0 Å². The van der Waals surface area contributed by atoms with Crippen LogP contribution in [0.5, 0.6) is 5.75 Å². The van der Waals surface area contributed by atoms with Crippen molar-refractivity contribution in [1.82, 2.24) is 20.6 Å². The molecule has 1 saturated heterocycles. The number of hydrogen-bond acceptors (Lipinski definition) is 13. The van der Waals surface area contributed by atoms with Gasteiger partial charge in [0.05, 0.1) is 11.8 Å². The van der Waals surface area contributed by atoms with Gasteiger partial charge < -0.3 is 31.2 Å². The number of carbonyl (C=O) groups excluding carboxylic acids is 3. The Hall–Kier alpha value is -5.82. The number of fused-ring (bicyclic) bond motifs is 1. The number of nitrogens with one attached hydrogen (secondary N) is 2. The average molecular weight is 710 g/mol. The predicted molar refractivity (Wildman–Crippen MR) is 175 cm³/mol. The van der Waals surface area contributed by atoms with Crippen molar-refractivity contribution in [2.24, 2.45) is 10.3 Å². The number of carboxylic acid groups (broad SMARTS) is 2. The van der Waals surface area contributed by atoms with Crippen LogP contribution in [0, 0.1) is 0 Å². The zero-order chi connectivity index (χ0) is 35.5. The Bertz CT molecular complexity index is 1920. The predicted octanol–water partition coefficient (Wildman–Crippen LogP) is 0.505. The molecule has 0 aliphatic carbocycles. The molecule has 254 valence electrons. The minimum absolute atomic E-state index is 0.00440. The second kappa shape index (κ2) is 14.1. The number of rotatable bonds is 12. The highest BCUT2D eigenvalue weighted by Gasteiger charge is 2.55. The highest BCUT2D eigenvalue weighted by atomic mass is 32.2. The number of β-lactam (4-membered cyclic amide) rings is 1. The molecule has 2 aliphatic rings. The Morgan fingerprint density at radius 1 is 1.18 bits per heavy atom. The summed E-state index contributed by atoms with van der Waals surface area (Å²) in [7, 11) is 0. The number of benzene rings is 1. The van der Waals surface area contributed by atoms with E-state index in [9.17, 15) is 39.3 Å². The number of thioether (sulfide) groups is 1. The number of nitrogen functional groups attached to an aromatic ring is 1. The lowest BCUT2D eigenvalue weighted by Crippen LogP contribution is -2.71. The number of nitrogens with zero attached hydrogens (tertiary/aromatic N) is 5. The molecule has 0 spiro atoms. The quantitative estimate of drug-likeness (QED) is 0.0651. The summed E-state index contributed by atoms with van der Waals surface area (Å²) in [6.07, 6.45) is 4.45. The molecule has 49 heavy (non-hydrogen) atoms. The summed E-state index contributed by atoms with van der Waals surface area (Å²) in [6.45, 7) is 2.55. The number of hydrogen-bond donors (Lipinski definition) is 6. The van der Waals surface area contributed by atoms with Crippen molar-refractivity contribution >= 4 is 69.8 Å². The van der Waals surface area contributed by atoms with E-state index in [-0.39, 0.29) is 40.1 Å². The fraction of sp³-hybridized carbons (Fsp3) is 0.233. The third-order valence-corrected chi connectivity index (χ3v) is 9.24. The van der Waals surface area contributed by atoms with Crippen LogP contribution in [0.3, 0.4) is 0 Å². The van der Waals surface area contributed by atoms with Gasteiger partial charge in [-0.05, 0) is 26.0 Å². The number of pyridine rings is 1. The number of aliphatic carboxylic acids is 2. The van der Waals surface area contributed by atoms with Gasteiger partial charge in [-0.25, -0.2) is 24.6 Å². The number of amides is 3. The molecule has 0 radical (unpaired) electrons. The summed E-state index contributed by atoms with van der Waals surface area (Å²) >= 11 is 2.25. The fourth-order valence-corrected chi connectivity index (χ4v) is 6.45. The number of carboxylic acids is 2. The minimum Gasteiger partial charge on any atom is -0.507 e. The van der Waals surface area contributed by atoms with Crippen molar-refractivity contribution < 1.29 is 48.7 Å². The van der Waals surface area contributed by atoms with E-state index in [0.717, 1.165) is 16.2 Å². The highest BCUT2D eigenvalue weighted by Crippen LogP contribution is 2.40. The van der Waals surface area contributed by atoms with Gasteiger partial charge in [-0.3, -0.25) is 19.3 Å². The van der Waals surface area contributed by atoms with E-state index in [1.807, 2.05) is 0 Å². The minimum atomic E-state index is -1.79. The van der Waals surface area contributed by atoms with Gasteiger partial charge in [0.1, 0.15) is 28.6 Å². The molecule has 0 bridgehead atoms. The van der Waals surface area contributed by atoms with Crippen LogP contribution >= 0.6 is 23.1 Å². The molecule has 19 heteroatoms.